The van der Waals surface area contributed by atoms with E-state index in [1.807, 2.05) is 19.1 Å². The van der Waals surface area contributed by atoms with Crippen LogP contribution < -0.4 is 0 Å². The van der Waals surface area contributed by atoms with E-state index in [9.17, 15) is 4.79 Å². The monoisotopic (exact) mass is 230 g/mol. The van der Waals surface area contributed by atoms with E-state index in [0.29, 0.717) is 6.42 Å². The lowest BCUT2D eigenvalue weighted by atomic mass is 10.0. The Labute approximate surface area is 98.9 Å². The molecule has 0 heterocycles. The van der Waals surface area contributed by atoms with Crippen LogP contribution >= 0.6 is 0 Å². The molecule has 2 heteroatoms. The normalized spacial score (nSPS) is 10.5. The predicted octanol–water partition coefficient (Wildman–Crippen LogP) is 2.97. The zero-order valence-corrected chi connectivity index (χ0v) is 11.4. The molecule has 0 unspecified atom stereocenters. The summed E-state index contributed by atoms with van der Waals surface area (Å²) < 4.78 is 0. The molecule has 0 spiro atoms. The van der Waals surface area contributed by atoms with Crippen molar-refractivity contribution in [1.29, 1.82) is 0 Å². The zero-order chi connectivity index (χ0) is 12.2. The van der Waals surface area contributed by atoms with E-state index in [4.69, 9.17) is 0 Å². The van der Waals surface area contributed by atoms with Crippen LogP contribution in [0.25, 0.3) is 0 Å². The largest absolute Gasteiger partial charge is 0.303 e. The lowest BCUT2D eigenvalue weighted by Crippen LogP contribution is -2.16. The highest BCUT2D eigenvalue weighted by Crippen LogP contribution is 2.10. The maximum atomic E-state index is 10.4. The van der Waals surface area contributed by atoms with E-state index in [1.165, 1.54) is 0 Å². The SMILES string of the molecule is Cc1cc(C#C[Si](C)(C)C)ccc1CC=O. The summed E-state index contributed by atoms with van der Waals surface area (Å²) in [6.45, 7) is 8.72. The van der Waals surface area contributed by atoms with Gasteiger partial charge >= 0.3 is 0 Å². The van der Waals surface area contributed by atoms with Crippen LogP contribution in [-0.2, 0) is 11.2 Å². The average molecular weight is 230 g/mol. The van der Waals surface area contributed by atoms with Crippen molar-refractivity contribution in [3.63, 3.8) is 0 Å². The first-order valence-electron chi connectivity index (χ1n) is 5.49. The van der Waals surface area contributed by atoms with Crippen LogP contribution in [0, 0.1) is 18.4 Å². The first kappa shape index (κ1) is 12.7. The Morgan fingerprint density at radius 3 is 2.50 bits per heavy atom. The van der Waals surface area contributed by atoms with Crippen molar-refractivity contribution in [2.45, 2.75) is 33.0 Å². The number of hydrogen-bond acceptors (Lipinski definition) is 1. The third-order valence-electron chi connectivity index (χ3n) is 2.23. The number of rotatable bonds is 2. The van der Waals surface area contributed by atoms with Crippen LogP contribution in [-0.4, -0.2) is 14.4 Å². The number of carbonyl (C=O) groups is 1. The van der Waals surface area contributed by atoms with E-state index < -0.39 is 8.07 Å². The molecule has 0 atom stereocenters. The fourth-order valence-corrected chi connectivity index (χ4v) is 1.87. The topological polar surface area (TPSA) is 17.1 Å². The summed E-state index contributed by atoms with van der Waals surface area (Å²) in [5.41, 5.74) is 6.63. The van der Waals surface area contributed by atoms with Crippen LogP contribution in [0.15, 0.2) is 18.2 Å². The molecule has 1 nitrogen and oxygen atoms in total. The van der Waals surface area contributed by atoms with Crippen LogP contribution in [0.2, 0.25) is 19.6 Å². The lowest BCUT2D eigenvalue weighted by Gasteiger charge is -2.05. The van der Waals surface area contributed by atoms with E-state index in [2.05, 4.69) is 37.2 Å². The van der Waals surface area contributed by atoms with Gasteiger partial charge < -0.3 is 4.79 Å². The van der Waals surface area contributed by atoms with Gasteiger partial charge in [0.15, 0.2) is 0 Å². The molecule has 0 aliphatic heterocycles. The molecule has 0 fully saturated rings. The summed E-state index contributed by atoms with van der Waals surface area (Å²) in [5.74, 6) is 3.22. The standard InChI is InChI=1S/C14H18OSi/c1-12-11-13(8-10-16(2,3)4)5-6-14(12)7-9-15/h5-6,9,11H,7H2,1-4H3. The van der Waals surface area contributed by atoms with Crippen LogP contribution in [0.1, 0.15) is 16.7 Å². The minimum absolute atomic E-state index is 0.494. The second-order valence-electron chi connectivity index (χ2n) is 5.01. The molecule has 0 amide bonds. The molecule has 84 valence electrons. The van der Waals surface area contributed by atoms with E-state index in [-0.39, 0.29) is 0 Å². The van der Waals surface area contributed by atoms with Gasteiger partial charge in [0.2, 0.25) is 0 Å². The van der Waals surface area contributed by atoms with Crippen molar-refractivity contribution < 1.29 is 4.79 Å². The molecule has 0 saturated carbocycles. The molecule has 0 radical (unpaired) electrons. The Hall–Kier alpha value is -1.33. The summed E-state index contributed by atoms with van der Waals surface area (Å²) in [6.07, 6.45) is 1.43. The zero-order valence-electron chi connectivity index (χ0n) is 10.4. The van der Waals surface area contributed by atoms with Crippen LogP contribution in [0.5, 0.6) is 0 Å². The molecule has 1 aromatic carbocycles. The molecule has 0 saturated heterocycles. The summed E-state index contributed by atoms with van der Waals surface area (Å²) in [6, 6.07) is 6.06. The van der Waals surface area contributed by atoms with E-state index >= 15 is 0 Å². The Morgan fingerprint density at radius 1 is 1.31 bits per heavy atom. The van der Waals surface area contributed by atoms with Gasteiger partial charge in [0.1, 0.15) is 14.4 Å². The number of aryl methyl sites for hydroxylation is 1. The first-order valence-corrected chi connectivity index (χ1v) is 8.99. The fraction of sp³-hybridized carbons (Fsp3) is 0.357. The minimum Gasteiger partial charge on any atom is -0.303 e. The van der Waals surface area contributed by atoms with Crippen molar-refractivity contribution >= 4 is 14.4 Å². The van der Waals surface area contributed by atoms with Crippen molar-refractivity contribution in [3.05, 3.63) is 34.9 Å². The van der Waals surface area contributed by atoms with Gasteiger partial charge in [-0.15, -0.1) is 5.54 Å². The van der Waals surface area contributed by atoms with Crippen molar-refractivity contribution in [2.75, 3.05) is 0 Å². The summed E-state index contributed by atoms with van der Waals surface area (Å²) in [7, 11) is -1.30. The van der Waals surface area contributed by atoms with Gasteiger partial charge in [-0.1, -0.05) is 31.6 Å². The average Bonchev–Trinajstić information content (AvgIpc) is 2.18. The Kier molecular flexibility index (Phi) is 4.09. The molecule has 0 N–H and O–H groups in total. The number of benzene rings is 1. The maximum Gasteiger partial charge on any atom is 0.129 e. The molecule has 0 aliphatic rings. The van der Waals surface area contributed by atoms with Gasteiger partial charge in [-0.25, -0.2) is 0 Å². The Bertz CT molecular complexity index is 444. The highest BCUT2D eigenvalue weighted by molar-refractivity contribution is 6.83. The van der Waals surface area contributed by atoms with Crippen molar-refractivity contribution in [3.8, 4) is 11.5 Å². The predicted molar refractivity (Wildman–Crippen MR) is 71.2 cm³/mol. The van der Waals surface area contributed by atoms with Gasteiger partial charge in [-0.3, -0.25) is 0 Å². The summed E-state index contributed by atoms with van der Waals surface area (Å²) >= 11 is 0. The molecular formula is C14H18OSi. The molecule has 16 heavy (non-hydrogen) atoms. The van der Waals surface area contributed by atoms with Gasteiger partial charge in [0.25, 0.3) is 0 Å². The number of hydrogen-bond donors (Lipinski definition) is 0. The molecule has 0 aliphatic carbocycles. The molecule has 0 bridgehead atoms. The van der Waals surface area contributed by atoms with E-state index in [0.717, 1.165) is 23.0 Å². The lowest BCUT2D eigenvalue weighted by molar-refractivity contribution is -0.107. The maximum absolute atomic E-state index is 10.4. The Balaban J connectivity index is 2.96. The molecule has 1 rings (SSSR count). The quantitative estimate of drug-likeness (QED) is 0.434. The van der Waals surface area contributed by atoms with Crippen molar-refractivity contribution in [2.24, 2.45) is 0 Å². The van der Waals surface area contributed by atoms with Gasteiger partial charge in [-0.05, 0) is 30.2 Å². The summed E-state index contributed by atoms with van der Waals surface area (Å²) in [4.78, 5) is 10.4. The third-order valence-corrected chi connectivity index (χ3v) is 3.10. The molecule has 1 aromatic rings. The van der Waals surface area contributed by atoms with Crippen LogP contribution in [0.4, 0.5) is 0 Å². The number of aldehydes is 1. The van der Waals surface area contributed by atoms with Crippen LogP contribution in [0.3, 0.4) is 0 Å². The number of carbonyl (C=O) groups excluding carboxylic acids is 1. The van der Waals surface area contributed by atoms with Gasteiger partial charge in [0.05, 0.1) is 0 Å². The minimum atomic E-state index is -1.30. The molecular weight excluding hydrogens is 212 g/mol. The molecule has 0 aromatic heterocycles. The highest BCUT2D eigenvalue weighted by Gasteiger charge is 2.07. The van der Waals surface area contributed by atoms with E-state index in [1.54, 1.807) is 0 Å². The summed E-state index contributed by atoms with van der Waals surface area (Å²) in [5, 5.41) is 0. The highest BCUT2D eigenvalue weighted by atomic mass is 28.3. The van der Waals surface area contributed by atoms with Crippen molar-refractivity contribution in [1.82, 2.24) is 0 Å². The van der Waals surface area contributed by atoms with Gasteiger partial charge in [-0.2, -0.15) is 0 Å². The Morgan fingerprint density at radius 2 is 2.00 bits per heavy atom. The second-order valence-corrected chi connectivity index (χ2v) is 9.76. The smallest absolute Gasteiger partial charge is 0.129 e. The first-order chi connectivity index (χ1) is 7.42. The fourth-order valence-electron chi connectivity index (χ4n) is 1.35. The second kappa shape index (κ2) is 5.13. The third kappa shape index (κ3) is 4.04. The van der Waals surface area contributed by atoms with Gasteiger partial charge in [0, 0.05) is 12.0 Å².